The van der Waals surface area contributed by atoms with Crippen molar-refractivity contribution in [2.75, 3.05) is 7.11 Å². The van der Waals surface area contributed by atoms with Gasteiger partial charge >= 0.3 is 12.0 Å². The molecule has 3 N–H and O–H groups in total. The van der Waals surface area contributed by atoms with E-state index in [1.165, 1.54) is 32.2 Å². The van der Waals surface area contributed by atoms with E-state index >= 15 is 0 Å². The number of carbonyl (C=O) groups excluding carboxylic acids is 3. The van der Waals surface area contributed by atoms with E-state index in [4.69, 9.17) is 9.47 Å². The Bertz CT molecular complexity index is 626. The first-order valence-electron chi connectivity index (χ1n) is 7.10. The van der Waals surface area contributed by atoms with Gasteiger partial charge in [-0.25, -0.2) is 9.59 Å². The molecule has 1 aromatic carbocycles. The second kappa shape index (κ2) is 6.99. The lowest BCUT2D eigenvalue weighted by Gasteiger charge is -2.14. The van der Waals surface area contributed by atoms with Gasteiger partial charge in [0.05, 0.1) is 7.11 Å². The number of hydrogen-bond donors (Lipinski definition) is 3. The summed E-state index contributed by atoms with van der Waals surface area (Å²) < 4.78 is 9.85. The number of hydrogen-bond acceptors (Lipinski definition) is 6. The summed E-state index contributed by atoms with van der Waals surface area (Å²) in [5.74, 6) is -1.91. The largest absolute Gasteiger partial charge is 0.504 e. The zero-order valence-corrected chi connectivity index (χ0v) is 12.8. The van der Waals surface area contributed by atoms with Gasteiger partial charge in [-0.15, -0.1) is 0 Å². The molecule has 1 atom stereocenters. The van der Waals surface area contributed by atoms with Crippen molar-refractivity contribution in [1.29, 1.82) is 0 Å². The first kappa shape index (κ1) is 16.6. The minimum Gasteiger partial charge on any atom is -0.504 e. The maximum Gasteiger partial charge on any atom is 0.342 e. The van der Waals surface area contributed by atoms with Crippen molar-refractivity contribution in [3.63, 3.8) is 0 Å². The van der Waals surface area contributed by atoms with Crippen molar-refractivity contribution in [1.82, 2.24) is 10.6 Å². The third kappa shape index (κ3) is 4.35. The van der Waals surface area contributed by atoms with E-state index in [1.54, 1.807) is 0 Å². The zero-order valence-electron chi connectivity index (χ0n) is 12.8. The van der Waals surface area contributed by atoms with Crippen LogP contribution in [0.4, 0.5) is 4.79 Å². The standard InChI is InChI=1S/C15H18N2O6/c1-8(13(19)17-15(21)16-9-6-7-9)23-14(20)10-4-3-5-11(22-2)12(10)18/h3-5,8-9,18H,6-7H2,1-2H3,(H2,16,17,19,21)/t8-/m1/s1. The minimum absolute atomic E-state index is 0.106. The summed E-state index contributed by atoms with van der Waals surface area (Å²) in [6.45, 7) is 1.33. The molecule has 1 fully saturated rings. The van der Waals surface area contributed by atoms with Crippen LogP contribution in [0.5, 0.6) is 11.5 Å². The molecule has 0 bridgehead atoms. The fourth-order valence-corrected chi connectivity index (χ4v) is 1.79. The predicted molar refractivity (Wildman–Crippen MR) is 79.2 cm³/mol. The van der Waals surface area contributed by atoms with Crippen LogP contribution in [0.25, 0.3) is 0 Å². The molecule has 1 aliphatic rings. The number of benzene rings is 1. The number of phenols is 1. The molecule has 0 heterocycles. The summed E-state index contributed by atoms with van der Waals surface area (Å²) >= 11 is 0. The van der Waals surface area contributed by atoms with Gasteiger partial charge in [0.2, 0.25) is 0 Å². The Morgan fingerprint density at radius 2 is 2.00 bits per heavy atom. The third-order valence-corrected chi connectivity index (χ3v) is 3.24. The van der Waals surface area contributed by atoms with E-state index in [0.29, 0.717) is 0 Å². The van der Waals surface area contributed by atoms with Crippen LogP contribution in [0.2, 0.25) is 0 Å². The summed E-state index contributed by atoms with van der Waals surface area (Å²) in [7, 11) is 1.35. The molecular formula is C15H18N2O6. The van der Waals surface area contributed by atoms with Crippen LogP contribution in [0.3, 0.4) is 0 Å². The zero-order chi connectivity index (χ0) is 17.0. The van der Waals surface area contributed by atoms with Crippen molar-refractivity contribution in [3.05, 3.63) is 23.8 Å². The van der Waals surface area contributed by atoms with E-state index in [1.807, 2.05) is 0 Å². The summed E-state index contributed by atoms with van der Waals surface area (Å²) in [6.07, 6.45) is 0.584. The molecule has 3 amide bonds. The Kier molecular flexibility index (Phi) is 5.05. The maximum atomic E-state index is 12.0. The Balaban J connectivity index is 1.93. The molecule has 2 rings (SSSR count). The van der Waals surface area contributed by atoms with Crippen molar-refractivity contribution < 1.29 is 29.0 Å². The molecule has 1 saturated carbocycles. The lowest BCUT2D eigenvalue weighted by Crippen LogP contribution is -2.45. The van der Waals surface area contributed by atoms with Crippen molar-refractivity contribution in [2.24, 2.45) is 0 Å². The highest BCUT2D eigenvalue weighted by Gasteiger charge is 2.26. The highest BCUT2D eigenvalue weighted by molar-refractivity contribution is 5.99. The average Bonchev–Trinajstić information content (AvgIpc) is 3.30. The highest BCUT2D eigenvalue weighted by Crippen LogP contribution is 2.29. The van der Waals surface area contributed by atoms with Crippen LogP contribution < -0.4 is 15.4 Å². The SMILES string of the molecule is COc1cccc(C(=O)O[C@H](C)C(=O)NC(=O)NC2CC2)c1O. The number of esters is 1. The van der Waals surface area contributed by atoms with E-state index in [-0.39, 0.29) is 23.1 Å². The third-order valence-electron chi connectivity index (χ3n) is 3.24. The number of rotatable bonds is 5. The van der Waals surface area contributed by atoms with E-state index in [9.17, 15) is 19.5 Å². The first-order chi connectivity index (χ1) is 10.9. The fraction of sp³-hybridized carbons (Fsp3) is 0.400. The van der Waals surface area contributed by atoms with Crippen LogP contribution in [-0.2, 0) is 9.53 Å². The molecule has 8 heteroatoms. The van der Waals surface area contributed by atoms with Crippen LogP contribution >= 0.6 is 0 Å². The molecule has 0 unspecified atom stereocenters. The van der Waals surface area contributed by atoms with Gasteiger partial charge in [0.1, 0.15) is 5.56 Å². The lowest BCUT2D eigenvalue weighted by atomic mass is 10.2. The van der Waals surface area contributed by atoms with Gasteiger partial charge in [0.25, 0.3) is 5.91 Å². The van der Waals surface area contributed by atoms with E-state index < -0.39 is 24.0 Å². The van der Waals surface area contributed by atoms with Gasteiger partial charge in [-0.2, -0.15) is 0 Å². The lowest BCUT2D eigenvalue weighted by molar-refractivity contribution is -0.127. The number of amides is 3. The van der Waals surface area contributed by atoms with Crippen LogP contribution in [0.15, 0.2) is 18.2 Å². The molecule has 124 valence electrons. The number of methoxy groups -OCH3 is 1. The summed E-state index contributed by atoms with van der Waals surface area (Å²) in [5, 5.41) is 14.5. The smallest absolute Gasteiger partial charge is 0.342 e. The molecule has 0 aliphatic heterocycles. The van der Waals surface area contributed by atoms with Gasteiger partial charge < -0.3 is 19.9 Å². The number of carbonyl (C=O) groups is 3. The van der Waals surface area contributed by atoms with Gasteiger partial charge in [-0.05, 0) is 31.9 Å². The summed E-state index contributed by atoms with van der Waals surface area (Å²) in [5.41, 5.74) is -0.133. The Morgan fingerprint density at radius 3 is 2.61 bits per heavy atom. The Morgan fingerprint density at radius 1 is 1.30 bits per heavy atom. The van der Waals surface area contributed by atoms with Crippen LogP contribution in [0.1, 0.15) is 30.1 Å². The normalized spacial score (nSPS) is 14.5. The first-order valence-corrected chi connectivity index (χ1v) is 7.10. The molecule has 0 spiro atoms. The molecule has 0 saturated heterocycles. The molecule has 0 radical (unpaired) electrons. The maximum absolute atomic E-state index is 12.0. The Labute approximate surface area is 132 Å². The van der Waals surface area contributed by atoms with Crippen LogP contribution in [0, 0.1) is 0 Å². The number of imide groups is 1. The number of urea groups is 1. The molecule has 8 nitrogen and oxygen atoms in total. The number of nitrogens with one attached hydrogen (secondary N) is 2. The second-order valence-corrected chi connectivity index (χ2v) is 5.14. The van der Waals surface area contributed by atoms with Crippen molar-refractivity contribution in [2.45, 2.75) is 31.9 Å². The molecule has 1 aliphatic carbocycles. The summed E-state index contributed by atoms with van der Waals surface area (Å²) in [6, 6.07) is 3.80. The quantitative estimate of drug-likeness (QED) is 0.695. The minimum atomic E-state index is -1.20. The second-order valence-electron chi connectivity index (χ2n) is 5.14. The molecule has 23 heavy (non-hydrogen) atoms. The molecule has 0 aromatic heterocycles. The predicted octanol–water partition coefficient (Wildman–Crippen LogP) is 0.934. The monoisotopic (exact) mass is 322 g/mol. The number of ether oxygens (including phenoxy) is 2. The molecule has 1 aromatic rings. The van der Waals surface area contributed by atoms with Gasteiger partial charge in [-0.1, -0.05) is 6.07 Å². The van der Waals surface area contributed by atoms with Gasteiger partial charge in [-0.3, -0.25) is 10.1 Å². The summed E-state index contributed by atoms with van der Waals surface area (Å²) in [4.78, 5) is 35.3. The van der Waals surface area contributed by atoms with Gasteiger partial charge in [0.15, 0.2) is 17.6 Å². The topological polar surface area (TPSA) is 114 Å². The number of aromatic hydroxyl groups is 1. The number of para-hydroxylation sites is 1. The van der Waals surface area contributed by atoms with E-state index in [2.05, 4.69) is 10.6 Å². The number of phenolic OH excluding ortho intramolecular Hbond substituents is 1. The van der Waals surface area contributed by atoms with Crippen molar-refractivity contribution >= 4 is 17.9 Å². The van der Waals surface area contributed by atoms with E-state index in [0.717, 1.165) is 12.8 Å². The van der Waals surface area contributed by atoms with Crippen molar-refractivity contribution in [3.8, 4) is 11.5 Å². The molecular weight excluding hydrogens is 304 g/mol. The highest BCUT2D eigenvalue weighted by atomic mass is 16.5. The van der Waals surface area contributed by atoms with Crippen LogP contribution in [-0.4, -0.2) is 42.3 Å². The Hall–Kier alpha value is -2.77. The van der Waals surface area contributed by atoms with Gasteiger partial charge in [0, 0.05) is 6.04 Å². The fourth-order valence-electron chi connectivity index (χ4n) is 1.79. The average molecular weight is 322 g/mol.